The lowest BCUT2D eigenvalue weighted by Crippen LogP contribution is -2.46. The van der Waals surface area contributed by atoms with Gasteiger partial charge in [-0.15, -0.1) is 0 Å². The van der Waals surface area contributed by atoms with Gasteiger partial charge in [0.25, 0.3) is 5.56 Å². The fourth-order valence-corrected chi connectivity index (χ4v) is 4.10. The van der Waals surface area contributed by atoms with Gasteiger partial charge in [0.05, 0.1) is 23.0 Å². The summed E-state index contributed by atoms with van der Waals surface area (Å²) in [5.41, 5.74) is 0.925. The van der Waals surface area contributed by atoms with E-state index in [0.29, 0.717) is 22.3 Å². The van der Waals surface area contributed by atoms with Crippen molar-refractivity contribution >= 4 is 40.0 Å². The number of halogens is 3. The maximum atomic E-state index is 13.8. The minimum absolute atomic E-state index is 0.137. The van der Waals surface area contributed by atoms with Crippen LogP contribution in [0.5, 0.6) is 0 Å². The molecule has 4 rings (SSSR count). The zero-order valence-electron chi connectivity index (χ0n) is 17.2. The molecule has 3 amide bonds. The summed E-state index contributed by atoms with van der Waals surface area (Å²) >= 11 is 5.79. The van der Waals surface area contributed by atoms with Gasteiger partial charge in [-0.1, -0.05) is 17.7 Å². The third-order valence-corrected chi connectivity index (χ3v) is 5.88. The molecule has 2 aromatic carbocycles. The summed E-state index contributed by atoms with van der Waals surface area (Å²) in [5, 5.41) is 3.17. The maximum absolute atomic E-state index is 13.8. The van der Waals surface area contributed by atoms with Gasteiger partial charge >= 0.3 is 6.03 Å². The Morgan fingerprint density at radius 3 is 2.62 bits per heavy atom. The van der Waals surface area contributed by atoms with Gasteiger partial charge in [0, 0.05) is 37.5 Å². The van der Waals surface area contributed by atoms with E-state index >= 15 is 0 Å². The summed E-state index contributed by atoms with van der Waals surface area (Å²) < 4.78 is 27.2. The topological polar surface area (TPSA) is 85.5 Å². The molecule has 32 heavy (non-hydrogen) atoms. The van der Waals surface area contributed by atoms with Crippen molar-refractivity contribution in [1.82, 2.24) is 14.8 Å². The Balaban J connectivity index is 1.77. The van der Waals surface area contributed by atoms with Crippen LogP contribution >= 0.6 is 11.6 Å². The van der Waals surface area contributed by atoms with Crippen LogP contribution in [0.1, 0.15) is 24.2 Å². The zero-order chi connectivity index (χ0) is 23.2. The highest BCUT2D eigenvalue weighted by atomic mass is 35.5. The molecule has 2 N–H and O–H groups in total. The second kappa shape index (κ2) is 8.23. The van der Waals surface area contributed by atoms with Gasteiger partial charge < -0.3 is 20.1 Å². The molecule has 0 spiro atoms. The third-order valence-electron chi connectivity index (χ3n) is 5.59. The van der Waals surface area contributed by atoms with Crippen molar-refractivity contribution in [2.45, 2.75) is 19.5 Å². The number of hydrogen-bond acceptors (Lipinski definition) is 3. The average molecular weight is 461 g/mol. The molecule has 10 heteroatoms. The predicted molar refractivity (Wildman–Crippen MR) is 117 cm³/mol. The van der Waals surface area contributed by atoms with E-state index in [0.717, 1.165) is 12.1 Å². The summed E-state index contributed by atoms with van der Waals surface area (Å²) in [7, 11) is 1.54. The lowest BCUT2D eigenvalue weighted by Gasteiger charge is -2.39. The largest absolute Gasteiger partial charge is 0.335 e. The van der Waals surface area contributed by atoms with Crippen LogP contribution in [0.25, 0.3) is 10.8 Å². The highest BCUT2D eigenvalue weighted by Gasteiger charge is 2.34. The normalized spacial score (nSPS) is 15.4. The molecule has 1 aliphatic heterocycles. The highest BCUT2D eigenvalue weighted by Crippen LogP contribution is 2.34. The van der Waals surface area contributed by atoms with Gasteiger partial charge in [-0.3, -0.25) is 9.59 Å². The Morgan fingerprint density at radius 2 is 1.94 bits per heavy atom. The fraction of sp³-hybridized carbons (Fsp3) is 0.227. The standard InChI is InChI=1S/C22H19ClF2N4O3/c1-11(30)29-9-18-20(14-5-3-12(24)7-15(14)21(31)27-18)19(10-29)28(2)22(32)26-13-4-6-17(25)16(23)8-13/h3-8,19H,9-10H2,1-2H3,(H,26,32)(H,27,31)/t19-/m1/s1. The van der Waals surface area contributed by atoms with E-state index in [1.54, 1.807) is 7.05 Å². The number of fused-ring (bicyclic) bond motifs is 3. The van der Waals surface area contributed by atoms with E-state index in [9.17, 15) is 23.2 Å². The van der Waals surface area contributed by atoms with Crippen molar-refractivity contribution < 1.29 is 18.4 Å². The molecular formula is C22H19ClF2N4O3. The monoisotopic (exact) mass is 460 g/mol. The van der Waals surface area contributed by atoms with Crippen LogP contribution in [0, 0.1) is 11.6 Å². The molecule has 1 aliphatic rings. The lowest BCUT2D eigenvalue weighted by molar-refractivity contribution is -0.130. The number of aromatic nitrogens is 1. The number of hydrogen-bond donors (Lipinski definition) is 2. The Hall–Kier alpha value is -3.46. The number of aromatic amines is 1. The van der Waals surface area contributed by atoms with Crippen molar-refractivity contribution in [2.75, 3.05) is 18.9 Å². The number of nitrogens with one attached hydrogen (secondary N) is 2. The maximum Gasteiger partial charge on any atom is 0.322 e. The second-order valence-corrected chi connectivity index (χ2v) is 8.03. The number of H-pyrrole nitrogens is 1. The number of likely N-dealkylation sites (N-methyl/N-ethyl adjacent to an activating group) is 1. The van der Waals surface area contributed by atoms with Crippen LogP contribution < -0.4 is 10.9 Å². The van der Waals surface area contributed by atoms with Crippen LogP contribution in [0.2, 0.25) is 5.02 Å². The first-order valence-electron chi connectivity index (χ1n) is 9.74. The summed E-state index contributed by atoms with van der Waals surface area (Å²) in [6, 6.07) is 6.52. The van der Waals surface area contributed by atoms with Gasteiger partial charge in [-0.05, 0) is 35.7 Å². The molecule has 0 unspecified atom stereocenters. The van der Waals surface area contributed by atoms with Crippen molar-refractivity contribution in [3.63, 3.8) is 0 Å². The van der Waals surface area contributed by atoms with E-state index in [-0.39, 0.29) is 29.4 Å². The number of carbonyl (C=O) groups excluding carboxylic acids is 2. The summed E-state index contributed by atoms with van der Waals surface area (Å²) in [6.45, 7) is 1.73. The van der Waals surface area contributed by atoms with Crippen LogP contribution in [-0.2, 0) is 11.3 Å². The Labute approximate surface area is 186 Å². The Kier molecular flexibility index (Phi) is 5.60. The van der Waals surface area contributed by atoms with Gasteiger partial charge in [0.15, 0.2) is 0 Å². The van der Waals surface area contributed by atoms with Crippen LogP contribution in [0.3, 0.4) is 0 Å². The Bertz CT molecular complexity index is 1310. The molecule has 2 heterocycles. The average Bonchev–Trinajstić information content (AvgIpc) is 2.75. The molecule has 0 saturated heterocycles. The van der Waals surface area contributed by atoms with E-state index in [4.69, 9.17) is 11.6 Å². The second-order valence-electron chi connectivity index (χ2n) is 7.62. The Morgan fingerprint density at radius 1 is 1.19 bits per heavy atom. The van der Waals surface area contributed by atoms with Gasteiger partial charge in [0.2, 0.25) is 5.91 Å². The number of pyridine rings is 1. The lowest BCUT2D eigenvalue weighted by atomic mass is 9.93. The molecule has 0 bridgehead atoms. The predicted octanol–water partition coefficient (Wildman–Crippen LogP) is 4.03. The van der Waals surface area contributed by atoms with Crippen molar-refractivity contribution in [3.8, 4) is 0 Å². The molecule has 7 nitrogen and oxygen atoms in total. The van der Waals surface area contributed by atoms with Crippen LogP contribution in [0.4, 0.5) is 19.3 Å². The number of nitrogens with zero attached hydrogens (tertiary/aromatic N) is 2. The molecular weight excluding hydrogens is 442 g/mol. The number of benzene rings is 2. The smallest absolute Gasteiger partial charge is 0.322 e. The van der Waals surface area contributed by atoms with E-state index in [2.05, 4.69) is 10.3 Å². The molecule has 0 fully saturated rings. The number of carbonyl (C=O) groups is 2. The van der Waals surface area contributed by atoms with Crippen LogP contribution in [0.15, 0.2) is 41.2 Å². The minimum Gasteiger partial charge on any atom is -0.335 e. The zero-order valence-corrected chi connectivity index (χ0v) is 18.0. The first kappa shape index (κ1) is 21.8. The quantitative estimate of drug-likeness (QED) is 0.605. The number of amides is 3. The van der Waals surface area contributed by atoms with E-state index in [1.165, 1.54) is 41.0 Å². The molecule has 0 saturated carbocycles. The number of anilines is 1. The van der Waals surface area contributed by atoms with E-state index < -0.39 is 29.3 Å². The number of rotatable bonds is 2. The number of urea groups is 1. The summed E-state index contributed by atoms with van der Waals surface area (Å²) in [5.74, 6) is -1.39. The highest BCUT2D eigenvalue weighted by molar-refractivity contribution is 6.31. The summed E-state index contributed by atoms with van der Waals surface area (Å²) in [4.78, 5) is 43.3. The summed E-state index contributed by atoms with van der Waals surface area (Å²) in [6.07, 6.45) is 0. The minimum atomic E-state index is -0.636. The molecule has 3 aromatic rings. The molecule has 166 valence electrons. The van der Waals surface area contributed by atoms with E-state index in [1.807, 2.05) is 0 Å². The third kappa shape index (κ3) is 3.91. The molecule has 0 radical (unpaired) electrons. The van der Waals surface area contributed by atoms with Crippen molar-refractivity contribution in [3.05, 3.63) is 74.7 Å². The van der Waals surface area contributed by atoms with Crippen molar-refractivity contribution in [2.24, 2.45) is 0 Å². The van der Waals surface area contributed by atoms with Crippen LogP contribution in [-0.4, -0.2) is 40.3 Å². The molecule has 1 atom stereocenters. The molecule has 1 aromatic heterocycles. The first-order valence-corrected chi connectivity index (χ1v) is 10.1. The SMILES string of the molecule is CC(=O)N1Cc2[nH]c(=O)c3cc(F)ccc3c2[C@H](N(C)C(=O)Nc2ccc(F)c(Cl)c2)C1. The molecule has 0 aliphatic carbocycles. The van der Waals surface area contributed by atoms with Gasteiger partial charge in [-0.25, -0.2) is 13.6 Å². The van der Waals surface area contributed by atoms with Gasteiger partial charge in [-0.2, -0.15) is 0 Å². The first-order chi connectivity index (χ1) is 15.2. The van der Waals surface area contributed by atoms with Crippen molar-refractivity contribution in [1.29, 1.82) is 0 Å². The van der Waals surface area contributed by atoms with Gasteiger partial charge in [0.1, 0.15) is 11.6 Å². The fourth-order valence-electron chi connectivity index (χ4n) is 3.92.